The molecule has 0 unspecified atom stereocenters. The minimum atomic E-state index is -0.306. The van der Waals surface area contributed by atoms with Gasteiger partial charge in [-0.2, -0.15) is 0 Å². The summed E-state index contributed by atoms with van der Waals surface area (Å²) in [5, 5.41) is 0. The molecule has 1 heterocycles. The number of ether oxygens (including phenoxy) is 2. The summed E-state index contributed by atoms with van der Waals surface area (Å²) in [6, 6.07) is 7.96. The van der Waals surface area contributed by atoms with Gasteiger partial charge in [0.15, 0.2) is 0 Å². The molecule has 5 nitrogen and oxygen atoms in total. The van der Waals surface area contributed by atoms with E-state index in [9.17, 15) is 4.79 Å². The SMILES string of the molecule is CO[C@@]1(COc2ccccc2C)CCN(CCC(N)=O)C1. The van der Waals surface area contributed by atoms with Crippen LogP contribution in [0.3, 0.4) is 0 Å². The number of primary amides is 1. The molecule has 21 heavy (non-hydrogen) atoms. The Morgan fingerprint density at radius 3 is 2.86 bits per heavy atom. The van der Waals surface area contributed by atoms with E-state index in [1.165, 1.54) is 0 Å². The molecule has 0 spiro atoms. The average Bonchev–Trinajstić information content (AvgIpc) is 2.89. The van der Waals surface area contributed by atoms with Crippen molar-refractivity contribution in [2.45, 2.75) is 25.4 Å². The highest BCUT2D eigenvalue weighted by Gasteiger charge is 2.39. The quantitative estimate of drug-likeness (QED) is 0.823. The number of methoxy groups -OCH3 is 1. The van der Waals surface area contributed by atoms with Crippen LogP contribution in [0.5, 0.6) is 5.75 Å². The molecule has 1 fully saturated rings. The third-order valence-corrected chi connectivity index (χ3v) is 4.09. The van der Waals surface area contributed by atoms with Gasteiger partial charge in [-0.15, -0.1) is 0 Å². The van der Waals surface area contributed by atoms with Crippen LogP contribution in [0.4, 0.5) is 0 Å². The second-order valence-corrected chi connectivity index (χ2v) is 5.68. The summed E-state index contributed by atoms with van der Waals surface area (Å²) >= 11 is 0. The van der Waals surface area contributed by atoms with E-state index in [2.05, 4.69) is 4.90 Å². The van der Waals surface area contributed by atoms with Crippen molar-refractivity contribution in [2.75, 3.05) is 33.4 Å². The van der Waals surface area contributed by atoms with Crippen molar-refractivity contribution in [3.05, 3.63) is 29.8 Å². The molecule has 5 heteroatoms. The minimum Gasteiger partial charge on any atom is -0.490 e. The molecule has 1 amide bonds. The molecule has 0 saturated carbocycles. The fourth-order valence-corrected chi connectivity index (χ4v) is 2.66. The van der Waals surface area contributed by atoms with E-state index >= 15 is 0 Å². The number of benzene rings is 1. The van der Waals surface area contributed by atoms with Crippen molar-refractivity contribution in [1.82, 2.24) is 4.90 Å². The first-order valence-electron chi connectivity index (χ1n) is 7.29. The molecule has 2 N–H and O–H groups in total. The molecule has 0 radical (unpaired) electrons. The Kier molecular flexibility index (Phi) is 5.20. The van der Waals surface area contributed by atoms with Gasteiger partial charge in [-0.1, -0.05) is 18.2 Å². The first kappa shape index (κ1) is 15.8. The zero-order valence-corrected chi connectivity index (χ0v) is 12.8. The molecule has 1 atom stereocenters. The number of hydrogen-bond donors (Lipinski definition) is 1. The van der Waals surface area contributed by atoms with E-state index < -0.39 is 0 Å². The van der Waals surface area contributed by atoms with Crippen LogP contribution in [0.2, 0.25) is 0 Å². The van der Waals surface area contributed by atoms with Gasteiger partial charge in [0.25, 0.3) is 0 Å². The van der Waals surface area contributed by atoms with Gasteiger partial charge >= 0.3 is 0 Å². The van der Waals surface area contributed by atoms with Gasteiger partial charge in [-0.3, -0.25) is 9.69 Å². The van der Waals surface area contributed by atoms with Crippen molar-refractivity contribution in [3.8, 4) is 5.75 Å². The highest BCUT2D eigenvalue weighted by Crippen LogP contribution is 2.27. The van der Waals surface area contributed by atoms with Crippen LogP contribution < -0.4 is 10.5 Å². The monoisotopic (exact) mass is 292 g/mol. The van der Waals surface area contributed by atoms with Crippen LogP contribution in [0.25, 0.3) is 0 Å². The normalized spacial score (nSPS) is 22.4. The number of carbonyl (C=O) groups is 1. The number of likely N-dealkylation sites (tertiary alicyclic amines) is 1. The molecule has 1 aromatic carbocycles. The van der Waals surface area contributed by atoms with Gasteiger partial charge in [0.05, 0.1) is 0 Å². The zero-order chi connectivity index (χ0) is 15.3. The van der Waals surface area contributed by atoms with Crippen LogP contribution in [0.15, 0.2) is 24.3 Å². The molecule has 2 rings (SSSR count). The van der Waals surface area contributed by atoms with E-state index in [1.807, 2.05) is 31.2 Å². The van der Waals surface area contributed by atoms with Gasteiger partial charge in [0.2, 0.25) is 5.91 Å². The number of aryl methyl sites for hydroxylation is 1. The topological polar surface area (TPSA) is 64.8 Å². The molecule has 1 saturated heterocycles. The maximum Gasteiger partial charge on any atom is 0.218 e. The number of carbonyl (C=O) groups excluding carboxylic acids is 1. The molecule has 1 aliphatic heterocycles. The maximum absolute atomic E-state index is 10.9. The number of para-hydroxylation sites is 1. The third-order valence-electron chi connectivity index (χ3n) is 4.09. The molecule has 1 aliphatic rings. The first-order chi connectivity index (χ1) is 10.0. The van der Waals surface area contributed by atoms with Gasteiger partial charge in [0.1, 0.15) is 18.0 Å². The van der Waals surface area contributed by atoms with E-state index in [4.69, 9.17) is 15.2 Å². The minimum absolute atomic E-state index is 0.263. The molecule has 0 aliphatic carbocycles. The lowest BCUT2D eigenvalue weighted by atomic mass is 10.0. The Hall–Kier alpha value is -1.59. The van der Waals surface area contributed by atoms with Crippen molar-refractivity contribution in [3.63, 3.8) is 0 Å². The molecule has 0 aromatic heterocycles. The molecule has 116 valence electrons. The Balaban J connectivity index is 1.91. The Morgan fingerprint density at radius 1 is 1.43 bits per heavy atom. The summed E-state index contributed by atoms with van der Waals surface area (Å²) in [6.07, 6.45) is 1.28. The lowest BCUT2D eigenvalue weighted by molar-refractivity contribution is -0.118. The fraction of sp³-hybridized carbons (Fsp3) is 0.562. The van der Waals surface area contributed by atoms with Crippen molar-refractivity contribution in [2.24, 2.45) is 5.73 Å². The third kappa shape index (κ3) is 4.19. The number of nitrogens with two attached hydrogens (primary N) is 1. The highest BCUT2D eigenvalue weighted by molar-refractivity contribution is 5.73. The predicted molar refractivity (Wildman–Crippen MR) is 81.3 cm³/mol. The highest BCUT2D eigenvalue weighted by atomic mass is 16.5. The van der Waals surface area contributed by atoms with E-state index in [-0.39, 0.29) is 11.5 Å². The summed E-state index contributed by atoms with van der Waals surface area (Å²) in [4.78, 5) is 13.1. The second kappa shape index (κ2) is 6.91. The lowest BCUT2D eigenvalue weighted by Crippen LogP contribution is -2.41. The summed E-state index contributed by atoms with van der Waals surface area (Å²) in [5.41, 5.74) is 6.01. The van der Waals surface area contributed by atoms with Gasteiger partial charge in [0, 0.05) is 33.2 Å². The Bertz CT molecular complexity index is 492. The maximum atomic E-state index is 10.9. The first-order valence-corrected chi connectivity index (χ1v) is 7.29. The van der Waals surface area contributed by atoms with E-state index in [1.54, 1.807) is 7.11 Å². The molecular formula is C16H24N2O3. The van der Waals surface area contributed by atoms with Gasteiger partial charge < -0.3 is 15.2 Å². The van der Waals surface area contributed by atoms with Crippen LogP contribution in [-0.4, -0.2) is 49.8 Å². The summed E-state index contributed by atoms with van der Waals surface area (Å²) in [6.45, 7) is 4.90. The summed E-state index contributed by atoms with van der Waals surface area (Å²) in [5.74, 6) is 0.630. The predicted octanol–water partition coefficient (Wildman–Crippen LogP) is 1.34. The number of amides is 1. The van der Waals surface area contributed by atoms with Crippen LogP contribution in [0, 0.1) is 6.92 Å². The van der Waals surface area contributed by atoms with Gasteiger partial charge in [-0.05, 0) is 25.0 Å². The lowest BCUT2D eigenvalue weighted by Gasteiger charge is -2.28. The molecular weight excluding hydrogens is 268 g/mol. The smallest absolute Gasteiger partial charge is 0.218 e. The number of hydrogen-bond acceptors (Lipinski definition) is 4. The Morgan fingerprint density at radius 2 is 2.19 bits per heavy atom. The van der Waals surface area contributed by atoms with E-state index in [0.717, 1.165) is 30.8 Å². The Labute approximate surface area is 126 Å². The van der Waals surface area contributed by atoms with Crippen LogP contribution in [0.1, 0.15) is 18.4 Å². The van der Waals surface area contributed by atoms with Crippen molar-refractivity contribution >= 4 is 5.91 Å². The zero-order valence-electron chi connectivity index (χ0n) is 12.8. The van der Waals surface area contributed by atoms with E-state index in [0.29, 0.717) is 19.6 Å². The molecule has 0 bridgehead atoms. The van der Waals surface area contributed by atoms with Gasteiger partial charge in [-0.25, -0.2) is 0 Å². The average molecular weight is 292 g/mol. The summed E-state index contributed by atoms with van der Waals surface area (Å²) in [7, 11) is 1.72. The fourth-order valence-electron chi connectivity index (χ4n) is 2.66. The van der Waals surface area contributed by atoms with Crippen molar-refractivity contribution in [1.29, 1.82) is 0 Å². The van der Waals surface area contributed by atoms with Crippen LogP contribution in [-0.2, 0) is 9.53 Å². The molecule has 1 aromatic rings. The largest absolute Gasteiger partial charge is 0.490 e. The van der Waals surface area contributed by atoms with Crippen LogP contribution >= 0.6 is 0 Å². The summed E-state index contributed by atoms with van der Waals surface area (Å²) < 4.78 is 11.7. The second-order valence-electron chi connectivity index (χ2n) is 5.68. The number of nitrogens with zero attached hydrogens (tertiary/aromatic N) is 1. The number of rotatable bonds is 7. The van der Waals surface area contributed by atoms with Crippen molar-refractivity contribution < 1.29 is 14.3 Å². The standard InChI is InChI=1S/C16H24N2O3/c1-13-5-3-4-6-14(13)21-12-16(20-2)8-10-18(11-16)9-7-15(17)19/h3-6H,7-12H2,1-2H3,(H2,17,19)/t16-/m0/s1.